The summed E-state index contributed by atoms with van der Waals surface area (Å²) in [5.74, 6) is -0.0871. The van der Waals surface area contributed by atoms with Crippen molar-refractivity contribution in [3.05, 3.63) is 58.7 Å². The Morgan fingerprint density at radius 2 is 2.05 bits per heavy atom. The van der Waals surface area contributed by atoms with Gasteiger partial charge in [0, 0.05) is 36.5 Å². The molecule has 0 bridgehead atoms. The van der Waals surface area contributed by atoms with Gasteiger partial charge in [-0.25, -0.2) is 4.39 Å². The Morgan fingerprint density at radius 1 is 1.32 bits per heavy atom. The van der Waals surface area contributed by atoms with Gasteiger partial charge in [-0.2, -0.15) is 0 Å². The Labute approximate surface area is 128 Å². The summed E-state index contributed by atoms with van der Waals surface area (Å²) in [6, 6.07) is 6.77. The highest BCUT2D eigenvalue weighted by Crippen LogP contribution is 2.37. The van der Waals surface area contributed by atoms with Crippen LogP contribution in [0.5, 0.6) is 5.75 Å². The van der Waals surface area contributed by atoms with Crippen molar-refractivity contribution < 1.29 is 14.6 Å². The molecule has 1 aliphatic rings. The van der Waals surface area contributed by atoms with E-state index in [0.717, 1.165) is 24.1 Å². The lowest BCUT2D eigenvalue weighted by Gasteiger charge is -2.41. The van der Waals surface area contributed by atoms with Crippen molar-refractivity contribution >= 4 is 0 Å². The van der Waals surface area contributed by atoms with E-state index in [2.05, 4.69) is 9.88 Å². The van der Waals surface area contributed by atoms with E-state index in [-0.39, 0.29) is 24.2 Å². The molecule has 2 N–H and O–H groups in total. The molecular formula is C17H19FN2O2. The molecule has 1 aliphatic heterocycles. The zero-order valence-corrected chi connectivity index (χ0v) is 12.5. The Morgan fingerprint density at radius 3 is 2.64 bits per heavy atom. The molecular weight excluding hydrogens is 283 g/mol. The van der Waals surface area contributed by atoms with Crippen molar-refractivity contribution in [2.24, 2.45) is 0 Å². The molecule has 1 saturated heterocycles. The molecule has 0 spiro atoms. The van der Waals surface area contributed by atoms with Gasteiger partial charge in [-0.1, -0.05) is 12.1 Å². The maximum Gasteiger partial charge on any atom is 0.141 e. The molecule has 1 aromatic heterocycles. The van der Waals surface area contributed by atoms with Crippen molar-refractivity contribution in [3.8, 4) is 5.75 Å². The van der Waals surface area contributed by atoms with Gasteiger partial charge in [-0.3, -0.25) is 9.88 Å². The maximum absolute atomic E-state index is 13.0. The fraction of sp³-hybridized carbons (Fsp3) is 0.353. The van der Waals surface area contributed by atoms with Crippen LogP contribution in [0.15, 0.2) is 30.5 Å². The first-order chi connectivity index (χ1) is 10.6. The summed E-state index contributed by atoms with van der Waals surface area (Å²) >= 11 is 0. The molecule has 0 radical (unpaired) electrons. The number of nitrogens with zero attached hydrogens (tertiary/aromatic N) is 2. The SMILES string of the molecule is Cc1ncc(CO)c(CN2CCC2c2ccc(F)cc2)c1O. The van der Waals surface area contributed by atoms with Gasteiger partial charge in [0.1, 0.15) is 11.6 Å². The minimum absolute atomic E-state index is 0.148. The third-order valence-electron chi connectivity index (χ3n) is 4.35. The van der Waals surface area contributed by atoms with E-state index in [4.69, 9.17) is 0 Å². The topological polar surface area (TPSA) is 56.6 Å². The lowest BCUT2D eigenvalue weighted by molar-refractivity contribution is 0.0799. The molecule has 2 aromatic rings. The fourth-order valence-electron chi connectivity index (χ4n) is 2.89. The third-order valence-corrected chi connectivity index (χ3v) is 4.35. The molecule has 116 valence electrons. The minimum atomic E-state index is -0.236. The molecule has 3 rings (SSSR count). The number of hydrogen-bond donors (Lipinski definition) is 2. The van der Waals surface area contributed by atoms with E-state index < -0.39 is 0 Å². The number of pyridine rings is 1. The standard InChI is InChI=1S/C17H19FN2O2/c1-11-17(22)15(13(10-21)8-19-11)9-20-7-6-16(20)12-2-4-14(18)5-3-12/h2-5,8,16,21-22H,6-7,9-10H2,1H3. The van der Waals surface area contributed by atoms with Gasteiger partial charge < -0.3 is 10.2 Å². The summed E-state index contributed by atoms with van der Waals surface area (Å²) in [6.07, 6.45) is 2.61. The lowest BCUT2D eigenvalue weighted by Crippen LogP contribution is -2.40. The summed E-state index contributed by atoms with van der Waals surface area (Å²) in [5, 5.41) is 19.7. The molecule has 1 unspecified atom stereocenters. The minimum Gasteiger partial charge on any atom is -0.506 e. The van der Waals surface area contributed by atoms with Crippen molar-refractivity contribution in [3.63, 3.8) is 0 Å². The van der Waals surface area contributed by atoms with Crippen LogP contribution < -0.4 is 0 Å². The van der Waals surface area contributed by atoms with Crippen LogP contribution in [-0.2, 0) is 13.2 Å². The van der Waals surface area contributed by atoms with Gasteiger partial charge in [-0.05, 0) is 31.0 Å². The van der Waals surface area contributed by atoms with Crippen LogP contribution in [0, 0.1) is 12.7 Å². The van der Waals surface area contributed by atoms with Crippen LogP contribution in [0.1, 0.15) is 34.8 Å². The van der Waals surface area contributed by atoms with Gasteiger partial charge in [0.05, 0.1) is 12.3 Å². The maximum atomic E-state index is 13.0. The van der Waals surface area contributed by atoms with Gasteiger partial charge in [0.25, 0.3) is 0 Å². The highest BCUT2D eigenvalue weighted by molar-refractivity contribution is 5.41. The normalized spacial score (nSPS) is 18.2. The highest BCUT2D eigenvalue weighted by Gasteiger charge is 2.30. The second kappa shape index (κ2) is 6.02. The average molecular weight is 302 g/mol. The summed E-state index contributed by atoms with van der Waals surface area (Å²) in [5.41, 5.74) is 3.00. The zero-order valence-electron chi connectivity index (χ0n) is 12.5. The van der Waals surface area contributed by atoms with E-state index in [1.807, 2.05) is 0 Å². The number of aryl methyl sites for hydroxylation is 1. The first-order valence-corrected chi connectivity index (χ1v) is 7.37. The quantitative estimate of drug-likeness (QED) is 0.911. The Bertz CT molecular complexity index is 673. The molecule has 22 heavy (non-hydrogen) atoms. The molecule has 5 heteroatoms. The summed E-state index contributed by atoms with van der Waals surface area (Å²) in [7, 11) is 0. The van der Waals surface area contributed by atoms with Crippen LogP contribution in [0.3, 0.4) is 0 Å². The number of hydrogen-bond acceptors (Lipinski definition) is 4. The first-order valence-electron chi connectivity index (χ1n) is 7.37. The summed E-state index contributed by atoms with van der Waals surface area (Å²) in [6.45, 7) is 3.06. The van der Waals surface area contributed by atoms with Crippen molar-refractivity contribution in [1.29, 1.82) is 0 Å². The Balaban J connectivity index is 1.82. The van der Waals surface area contributed by atoms with Gasteiger partial charge in [-0.15, -0.1) is 0 Å². The number of aromatic hydroxyl groups is 1. The van der Waals surface area contributed by atoms with Gasteiger partial charge in [0.2, 0.25) is 0 Å². The largest absolute Gasteiger partial charge is 0.506 e. The van der Waals surface area contributed by atoms with E-state index in [1.54, 1.807) is 25.3 Å². The average Bonchev–Trinajstić information content (AvgIpc) is 2.49. The van der Waals surface area contributed by atoms with Crippen LogP contribution in [0.25, 0.3) is 0 Å². The van der Waals surface area contributed by atoms with Gasteiger partial charge >= 0.3 is 0 Å². The van der Waals surface area contributed by atoms with Crippen LogP contribution in [0.4, 0.5) is 4.39 Å². The summed E-state index contributed by atoms with van der Waals surface area (Å²) in [4.78, 5) is 6.29. The van der Waals surface area contributed by atoms with Crippen LogP contribution >= 0.6 is 0 Å². The lowest BCUT2D eigenvalue weighted by atomic mass is 9.93. The van der Waals surface area contributed by atoms with Crippen molar-refractivity contribution in [2.45, 2.75) is 32.5 Å². The van der Waals surface area contributed by atoms with E-state index in [1.165, 1.54) is 12.1 Å². The molecule has 0 aliphatic carbocycles. The molecule has 0 saturated carbocycles. The summed E-state index contributed by atoms with van der Waals surface area (Å²) < 4.78 is 13.0. The first kappa shape index (κ1) is 14.9. The molecule has 1 fully saturated rings. The third kappa shape index (κ3) is 2.69. The monoisotopic (exact) mass is 302 g/mol. The molecule has 0 amide bonds. The Kier molecular flexibility index (Phi) is 4.09. The Hall–Kier alpha value is -1.98. The van der Waals surface area contributed by atoms with Crippen LogP contribution in [0.2, 0.25) is 0 Å². The van der Waals surface area contributed by atoms with E-state index in [0.29, 0.717) is 17.8 Å². The van der Waals surface area contributed by atoms with E-state index >= 15 is 0 Å². The van der Waals surface area contributed by atoms with E-state index in [9.17, 15) is 14.6 Å². The van der Waals surface area contributed by atoms with Crippen molar-refractivity contribution in [2.75, 3.05) is 6.54 Å². The number of aromatic nitrogens is 1. The molecule has 2 heterocycles. The fourth-order valence-corrected chi connectivity index (χ4v) is 2.89. The number of halogens is 1. The molecule has 4 nitrogen and oxygen atoms in total. The number of aliphatic hydroxyl groups is 1. The second-order valence-corrected chi connectivity index (χ2v) is 5.68. The molecule has 1 aromatic carbocycles. The van der Waals surface area contributed by atoms with Crippen LogP contribution in [-0.4, -0.2) is 26.6 Å². The zero-order chi connectivity index (χ0) is 15.7. The number of aliphatic hydroxyl groups excluding tert-OH is 1. The predicted octanol–water partition coefficient (Wildman–Crippen LogP) is 2.67. The predicted molar refractivity (Wildman–Crippen MR) is 80.7 cm³/mol. The number of rotatable bonds is 4. The highest BCUT2D eigenvalue weighted by atomic mass is 19.1. The van der Waals surface area contributed by atoms with Crippen molar-refractivity contribution in [1.82, 2.24) is 9.88 Å². The van der Waals surface area contributed by atoms with Gasteiger partial charge in [0.15, 0.2) is 0 Å². The number of benzene rings is 1. The number of likely N-dealkylation sites (tertiary alicyclic amines) is 1. The smallest absolute Gasteiger partial charge is 0.141 e. The molecule has 1 atom stereocenters. The second-order valence-electron chi connectivity index (χ2n) is 5.68.